The molecule has 2 aromatic carbocycles. The summed E-state index contributed by atoms with van der Waals surface area (Å²) >= 11 is 6.58. The van der Waals surface area contributed by atoms with Crippen LogP contribution < -0.4 is 0 Å². The van der Waals surface area contributed by atoms with E-state index < -0.39 is 0 Å². The molecule has 0 aromatic heterocycles. The van der Waals surface area contributed by atoms with Crippen molar-refractivity contribution < 1.29 is 0 Å². The molecule has 0 nitrogen and oxygen atoms in total. The molecule has 0 spiro atoms. The summed E-state index contributed by atoms with van der Waals surface area (Å²) in [5, 5.41) is 0. The minimum absolute atomic E-state index is 0.0921. The number of hydrogen-bond donors (Lipinski definition) is 0. The van der Waals surface area contributed by atoms with Gasteiger partial charge in [-0.2, -0.15) is 0 Å². The molecule has 3 radical (unpaired) electrons. The van der Waals surface area contributed by atoms with Crippen LogP contribution in [0.3, 0.4) is 0 Å². The lowest BCUT2D eigenvalue weighted by atomic mass is 9.62. The Morgan fingerprint density at radius 1 is 0.929 bits per heavy atom. The van der Waals surface area contributed by atoms with E-state index in [-0.39, 0.29) is 9.91 Å². The molecule has 0 amide bonds. The summed E-state index contributed by atoms with van der Waals surface area (Å²) in [5.41, 5.74) is 5.83. The van der Waals surface area contributed by atoms with E-state index in [1.54, 1.807) is 0 Å². The standard InChI is InChI=1S/C26H28ClSi/c1-18(26(3,27)28)16-17-25(2,19-10-4-5-11-19)24-22-14-8-6-12-20(22)21-13-7-9-15-23(21)24/h4-15,18-19,24H,16-17H2,1-3H3. The number of hydrogen-bond acceptors (Lipinski definition) is 0. The molecule has 0 saturated heterocycles. The summed E-state index contributed by atoms with van der Waals surface area (Å²) in [6.45, 7) is 6.79. The first-order chi connectivity index (χ1) is 13.3. The number of benzene rings is 2. The Morgan fingerprint density at radius 2 is 1.43 bits per heavy atom. The number of allylic oxidation sites excluding steroid dienone is 4. The second-order valence-electron chi connectivity index (χ2n) is 8.92. The summed E-state index contributed by atoms with van der Waals surface area (Å²) in [6.07, 6.45) is 11.4. The molecule has 143 valence electrons. The molecule has 3 atom stereocenters. The Balaban J connectivity index is 1.79. The van der Waals surface area contributed by atoms with Crippen molar-refractivity contribution in [3.05, 3.63) is 84.0 Å². The van der Waals surface area contributed by atoms with Gasteiger partial charge >= 0.3 is 0 Å². The lowest BCUT2D eigenvalue weighted by molar-refractivity contribution is 0.192. The maximum atomic E-state index is 6.58. The first-order valence-corrected chi connectivity index (χ1v) is 11.2. The van der Waals surface area contributed by atoms with Gasteiger partial charge in [-0.3, -0.25) is 0 Å². The Hall–Kier alpha value is -1.57. The van der Waals surface area contributed by atoms with Crippen molar-refractivity contribution in [2.45, 2.75) is 44.0 Å². The third-order valence-corrected chi connectivity index (χ3v) is 7.91. The van der Waals surface area contributed by atoms with Crippen molar-refractivity contribution >= 4 is 21.8 Å². The quantitative estimate of drug-likeness (QED) is 0.356. The fourth-order valence-corrected chi connectivity index (χ4v) is 5.29. The topological polar surface area (TPSA) is 0 Å². The highest BCUT2D eigenvalue weighted by molar-refractivity contribution is 6.44. The highest BCUT2D eigenvalue weighted by Gasteiger charge is 2.45. The van der Waals surface area contributed by atoms with Crippen LogP contribution in [0.4, 0.5) is 0 Å². The molecule has 2 aromatic rings. The molecule has 2 heteroatoms. The average molecular weight is 404 g/mol. The van der Waals surface area contributed by atoms with Crippen molar-refractivity contribution in [3.63, 3.8) is 0 Å². The molecule has 0 heterocycles. The van der Waals surface area contributed by atoms with E-state index in [2.05, 4.69) is 104 Å². The van der Waals surface area contributed by atoms with Crippen LogP contribution >= 0.6 is 11.6 Å². The van der Waals surface area contributed by atoms with Crippen molar-refractivity contribution in [1.29, 1.82) is 0 Å². The summed E-state index contributed by atoms with van der Waals surface area (Å²) in [7, 11) is 3.72. The number of alkyl halides is 1. The fourth-order valence-electron chi connectivity index (χ4n) is 5.04. The van der Waals surface area contributed by atoms with E-state index in [4.69, 9.17) is 11.6 Å². The van der Waals surface area contributed by atoms with Crippen LogP contribution in [0.1, 0.15) is 50.7 Å². The maximum absolute atomic E-state index is 6.58. The van der Waals surface area contributed by atoms with Gasteiger partial charge in [-0.25, -0.2) is 0 Å². The zero-order valence-corrected chi connectivity index (χ0v) is 18.7. The second kappa shape index (κ2) is 7.35. The molecule has 0 fully saturated rings. The van der Waals surface area contributed by atoms with Gasteiger partial charge in [0.15, 0.2) is 0 Å². The van der Waals surface area contributed by atoms with E-state index in [0.717, 1.165) is 12.8 Å². The van der Waals surface area contributed by atoms with E-state index in [0.29, 0.717) is 17.8 Å². The molecule has 4 rings (SSSR count). The summed E-state index contributed by atoms with van der Waals surface area (Å²) in [5.74, 6) is 1.20. The molecule has 3 unspecified atom stereocenters. The molecular weight excluding hydrogens is 376 g/mol. The molecule has 28 heavy (non-hydrogen) atoms. The highest BCUT2D eigenvalue weighted by Crippen LogP contribution is 2.58. The SMILES string of the molecule is CC(CCC(C)(C1C=CC=C1)C1c2ccccc2-c2ccccc21)C(C)([Si])Cl. The number of halogens is 1. The minimum Gasteiger partial charge on any atom is -0.124 e. The first kappa shape index (κ1) is 19.7. The lowest BCUT2D eigenvalue weighted by Gasteiger charge is -2.42. The predicted octanol–water partition coefficient (Wildman–Crippen LogP) is 7.09. The van der Waals surface area contributed by atoms with Gasteiger partial charge in [0.2, 0.25) is 0 Å². The van der Waals surface area contributed by atoms with Crippen LogP contribution in [0.15, 0.2) is 72.8 Å². The van der Waals surface area contributed by atoms with Gasteiger partial charge in [0.25, 0.3) is 0 Å². The summed E-state index contributed by atoms with van der Waals surface area (Å²) < 4.78 is -0.367. The zero-order valence-electron chi connectivity index (χ0n) is 17.0. The molecular formula is C26H28ClSi. The second-order valence-corrected chi connectivity index (χ2v) is 11.1. The summed E-state index contributed by atoms with van der Waals surface area (Å²) in [6, 6.07) is 17.9. The van der Waals surface area contributed by atoms with Gasteiger partial charge in [-0.15, -0.1) is 11.6 Å². The van der Waals surface area contributed by atoms with Crippen LogP contribution in [0, 0.1) is 17.3 Å². The lowest BCUT2D eigenvalue weighted by Crippen LogP contribution is -2.34. The minimum atomic E-state index is -0.367. The highest BCUT2D eigenvalue weighted by atomic mass is 35.5. The van der Waals surface area contributed by atoms with E-state index in [1.165, 1.54) is 22.3 Å². The molecule has 2 aliphatic rings. The fraction of sp³-hybridized carbons (Fsp3) is 0.385. The van der Waals surface area contributed by atoms with Crippen molar-refractivity contribution in [3.8, 4) is 11.1 Å². The maximum Gasteiger partial charge on any atom is 0.0534 e. The van der Waals surface area contributed by atoms with Crippen LogP contribution in [-0.4, -0.2) is 14.7 Å². The van der Waals surface area contributed by atoms with Gasteiger partial charge in [0.1, 0.15) is 0 Å². The molecule has 0 aliphatic heterocycles. The van der Waals surface area contributed by atoms with Crippen molar-refractivity contribution in [2.75, 3.05) is 0 Å². The zero-order chi connectivity index (χ0) is 19.9. The van der Waals surface area contributed by atoms with Gasteiger partial charge < -0.3 is 0 Å². The van der Waals surface area contributed by atoms with Gasteiger partial charge in [0.05, 0.1) is 10.2 Å². The third-order valence-electron chi connectivity index (χ3n) is 7.04. The molecule has 0 bridgehead atoms. The summed E-state index contributed by atoms with van der Waals surface area (Å²) in [4.78, 5) is 0. The average Bonchev–Trinajstić information content (AvgIpc) is 3.32. The van der Waals surface area contributed by atoms with Gasteiger partial charge in [0, 0.05) is 16.3 Å². The van der Waals surface area contributed by atoms with E-state index in [9.17, 15) is 0 Å². The smallest absolute Gasteiger partial charge is 0.0534 e. The molecule has 0 N–H and O–H groups in total. The Morgan fingerprint density at radius 3 is 1.93 bits per heavy atom. The first-order valence-electron chi connectivity index (χ1n) is 10.3. The molecule has 2 aliphatic carbocycles. The van der Waals surface area contributed by atoms with E-state index >= 15 is 0 Å². The van der Waals surface area contributed by atoms with Gasteiger partial charge in [-0.05, 0) is 53.4 Å². The Labute approximate surface area is 178 Å². The van der Waals surface area contributed by atoms with Crippen molar-refractivity contribution in [2.24, 2.45) is 17.3 Å². The van der Waals surface area contributed by atoms with Gasteiger partial charge in [-0.1, -0.05) is 86.7 Å². The Kier molecular flexibility index (Phi) is 5.18. The van der Waals surface area contributed by atoms with Crippen LogP contribution in [-0.2, 0) is 0 Å². The monoisotopic (exact) mass is 403 g/mol. The number of rotatable bonds is 6. The van der Waals surface area contributed by atoms with Crippen LogP contribution in [0.2, 0.25) is 0 Å². The third kappa shape index (κ3) is 3.33. The van der Waals surface area contributed by atoms with E-state index in [1.807, 2.05) is 0 Å². The van der Waals surface area contributed by atoms with Crippen LogP contribution in [0.5, 0.6) is 0 Å². The predicted molar refractivity (Wildman–Crippen MR) is 122 cm³/mol. The normalized spacial score (nSPS) is 21.2. The van der Waals surface area contributed by atoms with Crippen molar-refractivity contribution in [1.82, 2.24) is 0 Å². The van der Waals surface area contributed by atoms with Crippen LogP contribution in [0.25, 0.3) is 11.1 Å². The number of fused-ring (bicyclic) bond motifs is 3. The Bertz CT molecular complexity index is 863. The largest absolute Gasteiger partial charge is 0.124 e. The molecule has 0 saturated carbocycles.